The number of nitrogens with zero attached hydrogens (tertiary/aromatic N) is 1. The van der Waals surface area contributed by atoms with Crippen LogP contribution < -0.4 is 25.0 Å². The van der Waals surface area contributed by atoms with Crippen molar-refractivity contribution in [3.05, 3.63) is 76.5 Å². The van der Waals surface area contributed by atoms with Gasteiger partial charge < -0.3 is 24.1 Å². The molecule has 3 aromatic rings. The van der Waals surface area contributed by atoms with Gasteiger partial charge in [-0.25, -0.2) is 4.39 Å². The number of benzene rings is 2. The van der Waals surface area contributed by atoms with Gasteiger partial charge in [-0.1, -0.05) is 0 Å². The van der Waals surface area contributed by atoms with Gasteiger partial charge in [-0.2, -0.15) is 0 Å². The minimum absolute atomic E-state index is 0.0234. The highest BCUT2D eigenvalue weighted by atomic mass is 32.2. The lowest BCUT2D eigenvalue weighted by atomic mass is 10.2. The lowest BCUT2D eigenvalue weighted by Crippen LogP contribution is -2.22. The van der Waals surface area contributed by atoms with Crippen LogP contribution in [0, 0.1) is 5.82 Å². The van der Waals surface area contributed by atoms with Crippen LogP contribution in [-0.2, 0) is 17.1 Å². The van der Waals surface area contributed by atoms with Gasteiger partial charge in [0.25, 0.3) is 0 Å². The summed E-state index contributed by atoms with van der Waals surface area (Å²) in [6.45, 7) is 0.128. The Morgan fingerprint density at radius 2 is 1.94 bits per heavy atom. The lowest BCUT2D eigenvalue weighted by Gasteiger charge is -2.15. The van der Waals surface area contributed by atoms with E-state index in [9.17, 15) is 14.0 Å². The van der Waals surface area contributed by atoms with Gasteiger partial charge in [0, 0.05) is 34.2 Å². The molecular formula is C22H19FN2O5S. The number of hydrogen-bond acceptors (Lipinski definition) is 6. The summed E-state index contributed by atoms with van der Waals surface area (Å²) in [5.41, 5.74) is 0.940. The van der Waals surface area contributed by atoms with E-state index in [0.717, 1.165) is 4.90 Å². The third kappa shape index (κ3) is 5.00. The molecule has 0 saturated heterocycles. The van der Waals surface area contributed by atoms with Crippen molar-refractivity contribution in [3.63, 3.8) is 0 Å². The van der Waals surface area contributed by atoms with Crippen molar-refractivity contribution in [2.24, 2.45) is 0 Å². The third-order valence-electron chi connectivity index (χ3n) is 4.57. The Bertz CT molecular complexity index is 1160. The van der Waals surface area contributed by atoms with Gasteiger partial charge in [0.1, 0.15) is 12.4 Å². The second-order valence-corrected chi connectivity index (χ2v) is 7.73. The first-order chi connectivity index (χ1) is 15.0. The number of aromatic nitrogens is 1. The van der Waals surface area contributed by atoms with Gasteiger partial charge in [0.15, 0.2) is 17.2 Å². The Kier molecular flexibility index (Phi) is 6.13. The van der Waals surface area contributed by atoms with Gasteiger partial charge >= 0.3 is 0 Å². The Morgan fingerprint density at radius 3 is 2.71 bits per heavy atom. The van der Waals surface area contributed by atoms with Crippen molar-refractivity contribution in [2.75, 3.05) is 19.2 Å². The Labute approximate surface area is 181 Å². The summed E-state index contributed by atoms with van der Waals surface area (Å²) in [5, 5.41) is 2.82. The molecule has 7 nitrogen and oxygen atoms in total. The van der Waals surface area contributed by atoms with E-state index < -0.39 is 0 Å². The summed E-state index contributed by atoms with van der Waals surface area (Å²) in [6.07, 6.45) is 1.52. The number of fused-ring (bicyclic) bond motifs is 1. The topological polar surface area (TPSA) is 78.8 Å². The lowest BCUT2D eigenvalue weighted by molar-refractivity contribution is -0.116. The molecule has 1 aliphatic rings. The number of ether oxygens (including phenoxy) is 3. The highest BCUT2D eigenvalue weighted by Gasteiger charge is 2.15. The van der Waals surface area contributed by atoms with E-state index in [1.54, 1.807) is 34.9 Å². The van der Waals surface area contributed by atoms with Gasteiger partial charge in [-0.05, 0) is 36.4 Å². The van der Waals surface area contributed by atoms with E-state index in [1.807, 2.05) is 0 Å². The number of rotatable bonds is 7. The number of carbonyl (C=O) groups excluding carboxylic acids is 1. The van der Waals surface area contributed by atoms with Crippen LogP contribution in [0.5, 0.6) is 17.2 Å². The highest BCUT2D eigenvalue weighted by molar-refractivity contribution is 7.98. The first-order valence-electron chi connectivity index (χ1n) is 9.37. The van der Waals surface area contributed by atoms with Crippen LogP contribution in [0.4, 0.5) is 10.1 Å². The van der Waals surface area contributed by atoms with E-state index >= 15 is 0 Å². The molecule has 1 N–H and O–H groups in total. The molecule has 0 radical (unpaired) electrons. The fourth-order valence-corrected chi connectivity index (χ4v) is 3.93. The summed E-state index contributed by atoms with van der Waals surface area (Å²) in [5.74, 6) is 1.17. The average molecular weight is 442 g/mol. The molecule has 160 valence electrons. The van der Waals surface area contributed by atoms with Crippen molar-refractivity contribution < 1.29 is 23.4 Å². The van der Waals surface area contributed by atoms with Crippen molar-refractivity contribution in [1.82, 2.24) is 4.57 Å². The molecule has 0 atom stereocenters. The first-order valence-corrected chi connectivity index (χ1v) is 10.4. The molecule has 0 unspecified atom stereocenters. The van der Waals surface area contributed by atoms with Crippen LogP contribution >= 0.6 is 11.8 Å². The Hall–Kier alpha value is -3.46. The van der Waals surface area contributed by atoms with E-state index in [0.29, 0.717) is 28.6 Å². The predicted molar refractivity (Wildman–Crippen MR) is 114 cm³/mol. The molecule has 2 heterocycles. The van der Waals surface area contributed by atoms with Crippen molar-refractivity contribution in [1.29, 1.82) is 0 Å². The summed E-state index contributed by atoms with van der Waals surface area (Å²) in [6, 6.07) is 12.7. The maximum absolute atomic E-state index is 13.1. The SMILES string of the molecule is COc1cn(CC(=O)Nc2ccc3c(c2)OCO3)c(CSc2ccc(F)cc2)cc1=O. The minimum atomic E-state index is -0.314. The second kappa shape index (κ2) is 9.13. The molecule has 31 heavy (non-hydrogen) atoms. The molecule has 0 fully saturated rings. The summed E-state index contributed by atoms with van der Waals surface area (Å²) in [4.78, 5) is 25.7. The monoisotopic (exact) mass is 442 g/mol. The number of pyridine rings is 1. The van der Waals surface area contributed by atoms with Gasteiger partial charge in [0.05, 0.1) is 13.3 Å². The van der Waals surface area contributed by atoms with Crippen LogP contribution in [0.2, 0.25) is 0 Å². The average Bonchev–Trinajstić information content (AvgIpc) is 3.22. The van der Waals surface area contributed by atoms with Crippen molar-refractivity contribution in [2.45, 2.75) is 17.2 Å². The molecule has 9 heteroatoms. The molecule has 0 bridgehead atoms. The summed E-state index contributed by atoms with van der Waals surface area (Å²) < 4.78 is 30.5. The largest absolute Gasteiger partial charge is 0.491 e. The molecule has 2 aromatic carbocycles. The molecule has 1 aromatic heterocycles. The van der Waals surface area contributed by atoms with E-state index in [2.05, 4.69) is 5.32 Å². The quantitative estimate of drug-likeness (QED) is 0.563. The van der Waals surface area contributed by atoms with Crippen LogP contribution in [0.25, 0.3) is 0 Å². The maximum Gasteiger partial charge on any atom is 0.244 e. The molecule has 0 saturated carbocycles. The summed E-state index contributed by atoms with van der Waals surface area (Å²) in [7, 11) is 1.40. The minimum Gasteiger partial charge on any atom is -0.491 e. The smallest absolute Gasteiger partial charge is 0.244 e. The number of nitrogens with one attached hydrogen (secondary N) is 1. The van der Waals surface area contributed by atoms with E-state index in [-0.39, 0.29) is 36.2 Å². The fourth-order valence-electron chi connectivity index (χ4n) is 3.04. The fraction of sp³-hybridized carbons (Fsp3) is 0.182. The standard InChI is InChI=1S/C22H19FN2O5S/c1-28-21-10-25(11-22(27)24-15-4-7-19-20(8-15)30-13-29-19)16(9-18(21)26)12-31-17-5-2-14(23)3-6-17/h2-10H,11-13H2,1H3,(H,24,27). The number of amides is 1. The van der Waals surface area contributed by atoms with E-state index in [4.69, 9.17) is 14.2 Å². The highest BCUT2D eigenvalue weighted by Crippen LogP contribution is 2.34. The molecule has 1 amide bonds. The predicted octanol–water partition coefficient (Wildman–Crippen LogP) is 3.66. The van der Waals surface area contributed by atoms with Gasteiger partial charge in [-0.15, -0.1) is 11.8 Å². The summed E-state index contributed by atoms with van der Waals surface area (Å²) >= 11 is 1.43. The molecule has 1 aliphatic heterocycles. The van der Waals surface area contributed by atoms with Gasteiger partial charge in [0.2, 0.25) is 18.1 Å². The third-order valence-corrected chi connectivity index (χ3v) is 5.62. The number of halogens is 1. The number of hydrogen-bond donors (Lipinski definition) is 1. The second-order valence-electron chi connectivity index (χ2n) is 6.68. The molecule has 4 rings (SSSR count). The Morgan fingerprint density at radius 1 is 1.16 bits per heavy atom. The maximum atomic E-state index is 13.1. The zero-order chi connectivity index (χ0) is 21.8. The van der Waals surface area contributed by atoms with Crippen LogP contribution in [0.15, 0.2) is 64.4 Å². The number of thioether (sulfide) groups is 1. The first kappa shape index (κ1) is 20.8. The number of methoxy groups -OCH3 is 1. The van der Waals surface area contributed by atoms with Crippen molar-refractivity contribution in [3.8, 4) is 17.2 Å². The number of anilines is 1. The zero-order valence-corrected chi connectivity index (χ0v) is 17.4. The Balaban J connectivity index is 1.50. The van der Waals surface area contributed by atoms with Crippen LogP contribution in [0.3, 0.4) is 0 Å². The van der Waals surface area contributed by atoms with Crippen molar-refractivity contribution >= 4 is 23.4 Å². The van der Waals surface area contributed by atoms with Crippen LogP contribution in [0.1, 0.15) is 5.69 Å². The van der Waals surface area contributed by atoms with Gasteiger partial charge in [-0.3, -0.25) is 9.59 Å². The number of carbonyl (C=O) groups is 1. The molecule has 0 spiro atoms. The zero-order valence-electron chi connectivity index (χ0n) is 16.6. The van der Waals surface area contributed by atoms with E-state index in [1.165, 1.54) is 43.3 Å². The normalized spacial score (nSPS) is 11.9. The molecular weight excluding hydrogens is 423 g/mol. The molecule has 0 aliphatic carbocycles. The van der Waals surface area contributed by atoms with Crippen LogP contribution in [-0.4, -0.2) is 24.4 Å².